The summed E-state index contributed by atoms with van der Waals surface area (Å²) < 4.78 is 0.282. The fourth-order valence-corrected chi connectivity index (χ4v) is 2.59. The molecule has 0 spiro atoms. The minimum atomic E-state index is -0.118. The Morgan fingerprint density at radius 2 is 2.29 bits per heavy atom. The summed E-state index contributed by atoms with van der Waals surface area (Å²) in [5.41, 5.74) is 0. The highest BCUT2D eigenvalue weighted by molar-refractivity contribution is 7.17. The highest BCUT2D eigenvalue weighted by Crippen LogP contribution is 2.27. The van der Waals surface area contributed by atoms with Crippen molar-refractivity contribution >= 4 is 28.8 Å². The molecule has 1 aliphatic rings. The van der Waals surface area contributed by atoms with Crippen LogP contribution in [0.25, 0.3) is 0 Å². The summed E-state index contributed by atoms with van der Waals surface area (Å²) in [5, 5.41) is 16.6. The van der Waals surface area contributed by atoms with E-state index in [1.165, 1.54) is 0 Å². The summed E-state index contributed by atoms with van der Waals surface area (Å²) in [6, 6.07) is 0.289. The molecule has 0 aliphatic heterocycles. The maximum Gasteiger partial charge on any atom is 0.285 e. The zero-order valence-corrected chi connectivity index (χ0v) is 10.9. The maximum atomic E-state index is 12.2. The van der Waals surface area contributed by atoms with Gasteiger partial charge in [-0.1, -0.05) is 11.3 Å². The lowest BCUT2D eigenvalue weighted by Gasteiger charge is -2.37. The Hall–Kier alpha value is -0.720. The number of rotatable bonds is 5. The van der Waals surface area contributed by atoms with Gasteiger partial charge in [-0.3, -0.25) is 4.79 Å². The minimum absolute atomic E-state index is 0.0907. The van der Waals surface area contributed by atoms with Crippen molar-refractivity contribution in [3.8, 4) is 0 Å². The van der Waals surface area contributed by atoms with Crippen molar-refractivity contribution in [3.05, 3.63) is 9.47 Å². The highest BCUT2D eigenvalue weighted by Gasteiger charge is 2.30. The van der Waals surface area contributed by atoms with Crippen LogP contribution in [-0.4, -0.2) is 45.3 Å². The lowest BCUT2D eigenvalue weighted by atomic mass is 9.91. The molecule has 7 heteroatoms. The van der Waals surface area contributed by atoms with Crippen LogP contribution in [0.1, 0.15) is 35.5 Å². The van der Waals surface area contributed by atoms with Crippen molar-refractivity contribution in [2.75, 3.05) is 13.2 Å². The predicted octanol–water partition coefficient (Wildman–Crippen LogP) is 1.57. The molecule has 1 N–H and O–H groups in total. The van der Waals surface area contributed by atoms with Gasteiger partial charge in [0.15, 0.2) is 0 Å². The van der Waals surface area contributed by atoms with E-state index in [2.05, 4.69) is 10.2 Å². The van der Waals surface area contributed by atoms with E-state index in [-0.39, 0.29) is 23.0 Å². The summed E-state index contributed by atoms with van der Waals surface area (Å²) in [6.07, 6.45) is 3.81. The Kier molecular flexibility index (Phi) is 4.31. The number of amides is 1. The number of carbonyl (C=O) groups excluding carboxylic acids is 1. The first kappa shape index (κ1) is 12.7. The molecular weight excluding hydrogens is 262 g/mol. The first-order chi connectivity index (χ1) is 8.22. The third kappa shape index (κ3) is 2.94. The van der Waals surface area contributed by atoms with Gasteiger partial charge in [0.2, 0.25) is 9.47 Å². The molecule has 2 rings (SSSR count). The molecule has 0 saturated heterocycles. The van der Waals surface area contributed by atoms with Crippen LogP contribution in [0.4, 0.5) is 0 Å². The average Bonchev–Trinajstić information content (AvgIpc) is 2.67. The zero-order chi connectivity index (χ0) is 12.3. The van der Waals surface area contributed by atoms with Crippen LogP contribution >= 0.6 is 22.9 Å². The maximum absolute atomic E-state index is 12.2. The molecule has 1 aromatic heterocycles. The van der Waals surface area contributed by atoms with Crippen molar-refractivity contribution in [1.29, 1.82) is 0 Å². The average molecular weight is 276 g/mol. The molecule has 1 amide bonds. The Balaban J connectivity index is 2.06. The largest absolute Gasteiger partial charge is 0.396 e. The molecular formula is C10H14ClN3O2S. The lowest BCUT2D eigenvalue weighted by Crippen LogP contribution is -2.44. The van der Waals surface area contributed by atoms with Crippen molar-refractivity contribution in [3.63, 3.8) is 0 Å². The van der Waals surface area contributed by atoms with Crippen LogP contribution < -0.4 is 0 Å². The minimum Gasteiger partial charge on any atom is -0.396 e. The van der Waals surface area contributed by atoms with E-state index in [0.717, 1.165) is 30.6 Å². The lowest BCUT2D eigenvalue weighted by molar-refractivity contribution is 0.0561. The zero-order valence-electron chi connectivity index (χ0n) is 9.30. The van der Waals surface area contributed by atoms with Gasteiger partial charge in [-0.2, -0.15) is 0 Å². The van der Waals surface area contributed by atoms with E-state index in [1.807, 2.05) is 0 Å². The number of aliphatic hydroxyl groups is 1. The molecule has 0 bridgehead atoms. The number of aromatic nitrogens is 2. The van der Waals surface area contributed by atoms with E-state index in [1.54, 1.807) is 4.90 Å². The van der Waals surface area contributed by atoms with Gasteiger partial charge in [0.25, 0.3) is 5.91 Å². The second kappa shape index (κ2) is 5.75. The molecule has 17 heavy (non-hydrogen) atoms. The summed E-state index contributed by atoms with van der Waals surface area (Å²) in [6.45, 7) is 0.657. The summed E-state index contributed by atoms with van der Waals surface area (Å²) >= 11 is 6.77. The first-order valence-corrected chi connectivity index (χ1v) is 6.82. The molecule has 1 saturated carbocycles. The van der Waals surface area contributed by atoms with E-state index in [4.69, 9.17) is 16.7 Å². The fourth-order valence-electron chi connectivity index (χ4n) is 1.80. The van der Waals surface area contributed by atoms with E-state index in [0.29, 0.717) is 18.0 Å². The van der Waals surface area contributed by atoms with E-state index < -0.39 is 0 Å². The number of carbonyl (C=O) groups is 1. The standard InChI is InChI=1S/C10H14ClN3O2S/c11-10-13-12-8(17-10)9(16)14(5-2-6-15)7-3-1-4-7/h7,15H,1-6H2. The second-order valence-electron chi connectivity index (χ2n) is 4.02. The number of hydrogen-bond donors (Lipinski definition) is 1. The Bertz CT molecular complexity index is 395. The molecule has 1 fully saturated rings. The normalized spacial score (nSPS) is 15.6. The summed E-state index contributed by atoms with van der Waals surface area (Å²) in [5.74, 6) is -0.118. The van der Waals surface area contributed by atoms with Gasteiger partial charge >= 0.3 is 0 Å². The van der Waals surface area contributed by atoms with Crippen LogP contribution in [0.2, 0.25) is 4.47 Å². The molecule has 5 nitrogen and oxygen atoms in total. The van der Waals surface area contributed by atoms with Crippen molar-refractivity contribution in [2.45, 2.75) is 31.7 Å². The summed E-state index contributed by atoms with van der Waals surface area (Å²) in [7, 11) is 0. The Morgan fingerprint density at radius 3 is 2.76 bits per heavy atom. The highest BCUT2D eigenvalue weighted by atomic mass is 35.5. The first-order valence-electron chi connectivity index (χ1n) is 5.63. The molecule has 1 aliphatic carbocycles. The van der Waals surface area contributed by atoms with Gasteiger partial charge < -0.3 is 10.0 Å². The number of aliphatic hydroxyl groups excluding tert-OH is 1. The number of halogens is 1. The topological polar surface area (TPSA) is 66.3 Å². The van der Waals surface area contributed by atoms with Gasteiger partial charge in [0.05, 0.1) is 0 Å². The smallest absolute Gasteiger partial charge is 0.285 e. The van der Waals surface area contributed by atoms with Gasteiger partial charge in [0.1, 0.15) is 0 Å². The van der Waals surface area contributed by atoms with E-state index in [9.17, 15) is 4.79 Å². The molecule has 1 heterocycles. The number of hydrogen-bond acceptors (Lipinski definition) is 5. The van der Waals surface area contributed by atoms with Gasteiger partial charge in [0, 0.05) is 19.2 Å². The van der Waals surface area contributed by atoms with E-state index >= 15 is 0 Å². The third-order valence-electron chi connectivity index (χ3n) is 2.92. The molecule has 0 unspecified atom stereocenters. The second-order valence-corrected chi connectivity index (χ2v) is 5.58. The quantitative estimate of drug-likeness (QED) is 0.886. The Labute approximate surface area is 108 Å². The van der Waals surface area contributed by atoms with Gasteiger partial charge in [-0.05, 0) is 37.3 Å². The van der Waals surface area contributed by atoms with Crippen molar-refractivity contribution in [2.24, 2.45) is 0 Å². The predicted molar refractivity (Wildman–Crippen MR) is 65.3 cm³/mol. The molecule has 1 aromatic rings. The summed E-state index contributed by atoms with van der Waals surface area (Å²) in [4.78, 5) is 14.0. The fraction of sp³-hybridized carbons (Fsp3) is 0.700. The van der Waals surface area contributed by atoms with Crippen molar-refractivity contribution < 1.29 is 9.90 Å². The van der Waals surface area contributed by atoms with Crippen LogP contribution in [0, 0.1) is 0 Å². The van der Waals surface area contributed by atoms with Crippen molar-refractivity contribution in [1.82, 2.24) is 15.1 Å². The Morgan fingerprint density at radius 1 is 1.53 bits per heavy atom. The third-order valence-corrected chi connectivity index (χ3v) is 3.92. The molecule has 0 radical (unpaired) electrons. The number of nitrogens with zero attached hydrogens (tertiary/aromatic N) is 3. The van der Waals surface area contributed by atoms with Gasteiger partial charge in [-0.15, -0.1) is 10.2 Å². The SMILES string of the molecule is O=C(c1nnc(Cl)s1)N(CCCO)C1CCC1. The van der Waals surface area contributed by atoms with Gasteiger partial charge in [-0.25, -0.2) is 0 Å². The van der Waals surface area contributed by atoms with Crippen LogP contribution in [0.3, 0.4) is 0 Å². The molecule has 0 atom stereocenters. The molecule has 0 aromatic carbocycles. The molecule has 94 valence electrons. The van der Waals surface area contributed by atoms with Crippen LogP contribution in [-0.2, 0) is 0 Å². The van der Waals surface area contributed by atoms with Crippen LogP contribution in [0.15, 0.2) is 0 Å². The van der Waals surface area contributed by atoms with Crippen LogP contribution in [0.5, 0.6) is 0 Å². The monoisotopic (exact) mass is 275 g/mol.